The van der Waals surface area contributed by atoms with E-state index < -0.39 is 0 Å². The molecular formula is C13H18Se. The Morgan fingerprint density at radius 3 is 2.43 bits per heavy atom. The van der Waals surface area contributed by atoms with Gasteiger partial charge in [0.2, 0.25) is 0 Å². The van der Waals surface area contributed by atoms with E-state index in [9.17, 15) is 0 Å². The topological polar surface area (TPSA) is 0 Å². The molecule has 76 valence electrons. The van der Waals surface area contributed by atoms with Crippen LogP contribution >= 0.6 is 0 Å². The minimum absolute atomic E-state index is 0.725. The maximum absolute atomic E-state index is 2.28. The quantitative estimate of drug-likeness (QED) is 0.726. The predicted octanol–water partition coefficient (Wildman–Crippen LogP) is 3.01. The van der Waals surface area contributed by atoms with E-state index in [-0.39, 0.29) is 0 Å². The van der Waals surface area contributed by atoms with Crippen molar-refractivity contribution in [1.29, 1.82) is 0 Å². The fourth-order valence-corrected chi connectivity index (χ4v) is 4.42. The van der Waals surface area contributed by atoms with Gasteiger partial charge in [0.15, 0.2) is 0 Å². The summed E-state index contributed by atoms with van der Waals surface area (Å²) >= 11 is 0.725. The minimum atomic E-state index is 0.725. The summed E-state index contributed by atoms with van der Waals surface area (Å²) in [5.74, 6) is 1.05. The van der Waals surface area contributed by atoms with Crippen molar-refractivity contribution in [1.82, 2.24) is 0 Å². The molecular weight excluding hydrogens is 235 g/mol. The molecule has 2 rings (SSSR count). The van der Waals surface area contributed by atoms with Gasteiger partial charge in [-0.2, -0.15) is 0 Å². The van der Waals surface area contributed by atoms with E-state index in [1.54, 1.807) is 4.46 Å². The third kappa shape index (κ3) is 3.15. The molecule has 0 bridgehead atoms. The molecule has 0 amide bonds. The van der Waals surface area contributed by atoms with Crippen LogP contribution in [0.4, 0.5) is 0 Å². The molecule has 0 unspecified atom stereocenters. The molecule has 14 heavy (non-hydrogen) atoms. The van der Waals surface area contributed by atoms with E-state index in [2.05, 4.69) is 30.3 Å². The molecule has 0 nitrogen and oxygen atoms in total. The van der Waals surface area contributed by atoms with E-state index in [1.165, 1.54) is 37.4 Å². The van der Waals surface area contributed by atoms with E-state index in [1.807, 2.05) is 0 Å². The first-order valence-electron chi connectivity index (χ1n) is 5.63. The third-order valence-electron chi connectivity index (χ3n) is 2.95. The first-order chi connectivity index (χ1) is 6.95. The Hall–Kier alpha value is -0.261. The van der Waals surface area contributed by atoms with Crippen LogP contribution in [0, 0.1) is 5.92 Å². The van der Waals surface area contributed by atoms with Crippen LogP contribution in [0.1, 0.15) is 32.1 Å². The summed E-state index contributed by atoms with van der Waals surface area (Å²) in [7, 11) is 0. The molecule has 0 spiro atoms. The zero-order valence-electron chi connectivity index (χ0n) is 8.61. The zero-order chi connectivity index (χ0) is 9.64. The summed E-state index contributed by atoms with van der Waals surface area (Å²) < 4.78 is 1.57. The Morgan fingerprint density at radius 2 is 1.71 bits per heavy atom. The predicted molar refractivity (Wildman–Crippen MR) is 63.2 cm³/mol. The summed E-state index contributed by atoms with van der Waals surface area (Å²) in [6, 6.07) is 11.0. The molecule has 1 aliphatic carbocycles. The van der Waals surface area contributed by atoms with Crippen LogP contribution in [0.3, 0.4) is 0 Å². The van der Waals surface area contributed by atoms with Gasteiger partial charge in [-0.15, -0.1) is 0 Å². The molecule has 1 aliphatic rings. The van der Waals surface area contributed by atoms with Crippen LogP contribution in [0.15, 0.2) is 30.3 Å². The Balaban J connectivity index is 1.76. The van der Waals surface area contributed by atoms with Crippen molar-refractivity contribution in [2.24, 2.45) is 5.92 Å². The van der Waals surface area contributed by atoms with Gasteiger partial charge >= 0.3 is 93.1 Å². The molecule has 1 aromatic carbocycles. The van der Waals surface area contributed by atoms with Crippen molar-refractivity contribution in [2.45, 2.75) is 37.4 Å². The number of hydrogen-bond acceptors (Lipinski definition) is 0. The van der Waals surface area contributed by atoms with Gasteiger partial charge in [0.05, 0.1) is 0 Å². The van der Waals surface area contributed by atoms with Gasteiger partial charge in [0.1, 0.15) is 0 Å². The fourth-order valence-electron chi connectivity index (χ4n) is 2.08. The second-order valence-corrected chi connectivity index (χ2v) is 6.42. The zero-order valence-corrected chi connectivity index (χ0v) is 10.3. The number of rotatable bonds is 3. The van der Waals surface area contributed by atoms with Gasteiger partial charge in [0, 0.05) is 0 Å². The van der Waals surface area contributed by atoms with Gasteiger partial charge in [-0.05, 0) is 0 Å². The average Bonchev–Trinajstić information content (AvgIpc) is 2.29. The van der Waals surface area contributed by atoms with Gasteiger partial charge in [-0.25, -0.2) is 0 Å². The van der Waals surface area contributed by atoms with Crippen molar-refractivity contribution in [3.05, 3.63) is 30.3 Å². The van der Waals surface area contributed by atoms with Crippen molar-refractivity contribution >= 4 is 19.4 Å². The van der Waals surface area contributed by atoms with Crippen LogP contribution in [-0.2, 0) is 0 Å². The van der Waals surface area contributed by atoms with Gasteiger partial charge in [-0.3, -0.25) is 0 Å². The second kappa shape index (κ2) is 5.58. The summed E-state index contributed by atoms with van der Waals surface area (Å²) in [6.07, 6.45) is 7.43. The molecule has 1 heteroatoms. The SMILES string of the molecule is c1ccc([Se]CC2CCCCC2)cc1. The molecule has 0 atom stereocenters. The van der Waals surface area contributed by atoms with E-state index in [0.29, 0.717) is 0 Å². The Kier molecular flexibility index (Phi) is 4.09. The van der Waals surface area contributed by atoms with E-state index >= 15 is 0 Å². The summed E-state index contributed by atoms with van der Waals surface area (Å²) in [4.78, 5) is 0. The van der Waals surface area contributed by atoms with Crippen molar-refractivity contribution in [2.75, 3.05) is 0 Å². The Morgan fingerprint density at radius 1 is 1.00 bits per heavy atom. The molecule has 0 radical (unpaired) electrons. The first-order valence-corrected chi connectivity index (χ1v) is 7.70. The fraction of sp³-hybridized carbons (Fsp3) is 0.538. The Bertz CT molecular complexity index is 249. The molecule has 0 saturated heterocycles. The first kappa shape index (κ1) is 10.3. The normalized spacial score (nSPS) is 18.3. The van der Waals surface area contributed by atoms with E-state index in [4.69, 9.17) is 0 Å². The molecule has 1 aromatic rings. The van der Waals surface area contributed by atoms with Crippen molar-refractivity contribution in [3.63, 3.8) is 0 Å². The summed E-state index contributed by atoms with van der Waals surface area (Å²) in [6.45, 7) is 0. The maximum atomic E-state index is 2.28. The molecule has 0 N–H and O–H groups in total. The molecule has 0 heterocycles. The number of hydrogen-bond donors (Lipinski definition) is 0. The monoisotopic (exact) mass is 254 g/mol. The standard InChI is InChI=1S/C13H18Se/c1-3-7-12(8-4-1)11-14-13-9-5-2-6-10-13/h2,5-6,9-10,12H,1,3-4,7-8,11H2. The Labute approximate surface area is 93.3 Å². The van der Waals surface area contributed by atoms with Crippen LogP contribution in [0.5, 0.6) is 0 Å². The average molecular weight is 253 g/mol. The van der Waals surface area contributed by atoms with Crippen molar-refractivity contribution in [3.8, 4) is 0 Å². The van der Waals surface area contributed by atoms with Gasteiger partial charge in [-0.1, -0.05) is 0 Å². The molecule has 1 saturated carbocycles. The van der Waals surface area contributed by atoms with Crippen molar-refractivity contribution < 1.29 is 0 Å². The number of benzene rings is 1. The van der Waals surface area contributed by atoms with Crippen LogP contribution in [-0.4, -0.2) is 15.0 Å². The molecule has 0 aromatic heterocycles. The van der Waals surface area contributed by atoms with Crippen LogP contribution in [0.2, 0.25) is 5.32 Å². The summed E-state index contributed by atoms with van der Waals surface area (Å²) in [5.41, 5.74) is 0. The van der Waals surface area contributed by atoms with Crippen LogP contribution in [0.25, 0.3) is 0 Å². The molecule has 1 fully saturated rings. The van der Waals surface area contributed by atoms with E-state index in [0.717, 1.165) is 20.9 Å². The molecule has 0 aliphatic heterocycles. The second-order valence-electron chi connectivity index (χ2n) is 4.13. The van der Waals surface area contributed by atoms with Gasteiger partial charge < -0.3 is 0 Å². The summed E-state index contributed by atoms with van der Waals surface area (Å²) in [5, 5.41) is 1.47. The van der Waals surface area contributed by atoms with Crippen LogP contribution < -0.4 is 4.46 Å². The third-order valence-corrected chi connectivity index (χ3v) is 5.56. The van der Waals surface area contributed by atoms with Gasteiger partial charge in [0.25, 0.3) is 0 Å².